The minimum Gasteiger partial charge on any atom is -0.337 e. The lowest BCUT2D eigenvalue weighted by atomic mass is 10.2. The fraction of sp³-hybridized carbons (Fsp3) is 0.600. The molecule has 0 atom stereocenters. The van der Waals surface area contributed by atoms with Crippen LogP contribution in [0.2, 0.25) is 0 Å². The van der Waals surface area contributed by atoms with E-state index in [4.69, 9.17) is 5.26 Å². The molecule has 1 amide bonds. The Labute approximate surface area is 129 Å². The lowest BCUT2D eigenvalue weighted by Gasteiger charge is -2.22. The summed E-state index contributed by atoms with van der Waals surface area (Å²) in [5, 5.41) is 8.75. The number of aryl methyl sites for hydroxylation is 1. The molecule has 1 aliphatic heterocycles. The summed E-state index contributed by atoms with van der Waals surface area (Å²) in [5.41, 5.74) is 1.33. The first-order chi connectivity index (χ1) is 9.61. The lowest BCUT2D eigenvalue weighted by molar-refractivity contribution is 0.0745. The van der Waals surface area contributed by atoms with Crippen molar-refractivity contribution in [1.82, 2.24) is 4.90 Å². The molecule has 2 rings (SSSR count). The van der Waals surface area contributed by atoms with Gasteiger partial charge >= 0.3 is 0 Å². The lowest BCUT2D eigenvalue weighted by Crippen LogP contribution is -2.34. The Bertz CT molecular complexity index is 493. The van der Waals surface area contributed by atoms with Crippen molar-refractivity contribution in [2.45, 2.75) is 32.4 Å². The van der Waals surface area contributed by atoms with Gasteiger partial charge in [0.2, 0.25) is 0 Å². The maximum absolute atomic E-state index is 12.6. The first-order valence-corrected chi connectivity index (χ1v) is 8.94. The van der Waals surface area contributed by atoms with Crippen molar-refractivity contribution < 1.29 is 4.79 Å². The second kappa shape index (κ2) is 7.14. The largest absolute Gasteiger partial charge is 0.337 e. The molecule has 0 fully saturated rings. The third-order valence-corrected chi connectivity index (χ3v) is 5.44. The molecule has 0 spiro atoms. The third kappa shape index (κ3) is 3.77. The highest BCUT2D eigenvalue weighted by molar-refractivity contribution is 7.98. The number of hydrogen-bond donors (Lipinski definition) is 0. The number of carbonyl (C=O) groups is 1. The first-order valence-electron chi connectivity index (χ1n) is 6.97. The summed E-state index contributed by atoms with van der Waals surface area (Å²) in [7, 11) is 0. The smallest absolute Gasteiger partial charge is 0.263 e. The predicted molar refractivity (Wildman–Crippen MR) is 85.2 cm³/mol. The van der Waals surface area contributed by atoms with E-state index >= 15 is 0 Å². The molecule has 20 heavy (non-hydrogen) atoms. The van der Waals surface area contributed by atoms with Gasteiger partial charge < -0.3 is 4.90 Å². The average Bonchev–Trinajstić information content (AvgIpc) is 2.86. The van der Waals surface area contributed by atoms with Crippen LogP contribution >= 0.6 is 23.1 Å². The van der Waals surface area contributed by atoms with Crippen molar-refractivity contribution >= 4 is 29.0 Å². The number of nitrogens with zero attached hydrogens (tertiary/aromatic N) is 2. The first kappa shape index (κ1) is 15.4. The molecule has 0 saturated carbocycles. The molecule has 0 unspecified atom stereocenters. The molecule has 2 heterocycles. The maximum atomic E-state index is 12.6. The Morgan fingerprint density at radius 2 is 2.35 bits per heavy atom. The van der Waals surface area contributed by atoms with Crippen molar-refractivity contribution in [2.75, 3.05) is 18.8 Å². The van der Waals surface area contributed by atoms with Gasteiger partial charge in [-0.15, -0.1) is 11.3 Å². The van der Waals surface area contributed by atoms with Crippen molar-refractivity contribution in [3.63, 3.8) is 0 Å². The fourth-order valence-corrected chi connectivity index (χ4v) is 4.65. The summed E-state index contributed by atoms with van der Waals surface area (Å²) in [5.74, 6) is 2.70. The fourth-order valence-electron chi connectivity index (χ4n) is 2.31. The van der Waals surface area contributed by atoms with Crippen molar-refractivity contribution in [3.05, 3.63) is 21.4 Å². The van der Waals surface area contributed by atoms with E-state index in [1.54, 1.807) is 11.3 Å². The number of rotatable bonds is 5. The van der Waals surface area contributed by atoms with Crippen LogP contribution in [0.15, 0.2) is 6.07 Å². The molecule has 108 valence electrons. The molecule has 0 bridgehead atoms. The molecular weight excluding hydrogens is 288 g/mol. The number of thiophene rings is 1. The molecule has 0 aromatic carbocycles. The maximum Gasteiger partial charge on any atom is 0.263 e. The SMILES string of the molecule is CC(C)CN(CCC#N)C(=O)c1cc2c(s1)CCSC2. The van der Waals surface area contributed by atoms with Crippen LogP contribution < -0.4 is 0 Å². The highest BCUT2D eigenvalue weighted by atomic mass is 32.2. The molecule has 1 aromatic heterocycles. The monoisotopic (exact) mass is 308 g/mol. The summed E-state index contributed by atoms with van der Waals surface area (Å²) in [6.07, 6.45) is 1.49. The average molecular weight is 308 g/mol. The van der Waals surface area contributed by atoms with Gasteiger partial charge in [0, 0.05) is 23.7 Å². The summed E-state index contributed by atoms with van der Waals surface area (Å²) < 4.78 is 0. The van der Waals surface area contributed by atoms with E-state index in [0.29, 0.717) is 18.9 Å². The molecule has 0 radical (unpaired) electrons. The van der Waals surface area contributed by atoms with E-state index in [-0.39, 0.29) is 5.91 Å². The Hall–Kier alpha value is -0.990. The number of hydrogen-bond acceptors (Lipinski definition) is 4. The summed E-state index contributed by atoms with van der Waals surface area (Å²) >= 11 is 3.58. The van der Waals surface area contributed by atoms with Crippen molar-refractivity contribution in [1.29, 1.82) is 5.26 Å². The zero-order valence-electron chi connectivity index (χ0n) is 12.0. The normalized spacial score (nSPS) is 13.9. The number of amides is 1. The predicted octanol–water partition coefficient (Wildman–Crippen LogP) is 3.55. The number of thioether (sulfide) groups is 1. The van der Waals surface area contributed by atoms with E-state index in [9.17, 15) is 4.79 Å². The van der Waals surface area contributed by atoms with E-state index in [1.807, 2.05) is 16.7 Å². The van der Waals surface area contributed by atoms with Gasteiger partial charge in [0.25, 0.3) is 5.91 Å². The van der Waals surface area contributed by atoms with Crippen LogP contribution in [0.4, 0.5) is 0 Å². The van der Waals surface area contributed by atoms with Crippen LogP contribution in [-0.2, 0) is 12.2 Å². The molecule has 0 saturated heterocycles. The van der Waals surface area contributed by atoms with E-state index in [1.165, 1.54) is 10.4 Å². The van der Waals surface area contributed by atoms with Crippen LogP contribution in [0.5, 0.6) is 0 Å². The third-order valence-electron chi connectivity index (χ3n) is 3.20. The zero-order valence-corrected chi connectivity index (χ0v) is 13.6. The Balaban J connectivity index is 2.13. The van der Waals surface area contributed by atoms with E-state index < -0.39 is 0 Å². The number of fused-ring (bicyclic) bond motifs is 1. The van der Waals surface area contributed by atoms with Gasteiger partial charge in [0.15, 0.2) is 0 Å². The van der Waals surface area contributed by atoms with Gasteiger partial charge in [-0.05, 0) is 29.7 Å². The molecule has 5 heteroatoms. The zero-order chi connectivity index (χ0) is 14.5. The van der Waals surface area contributed by atoms with Gasteiger partial charge in [-0.1, -0.05) is 13.8 Å². The second-order valence-electron chi connectivity index (χ2n) is 5.41. The van der Waals surface area contributed by atoms with Gasteiger partial charge in [-0.25, -0.2) is 0 Å². The van der Waals surface area contributed by atoms with E-state index in [0.717, 1.165) is 29.3 Å². The van der Waals surface area contributed by atoms with Crippen LogP contribution in [-0.4, -0.2) is 29.6 Å². The summed E-state index contributed by atoms with van der Waals surface area (Å²) in [4.78, 5) is 16.7. The van der Waals surface area contributed by atoms with E-state index in [2.05, 4.69) is 26.0 Å². The molecule has 1 aromatic rings. The molecular formula is C15H20N2OS2. The highest BCUT2D eigenvalue weighted by Gasteiger charge is 2.22. The van der Waals surface area contributed by atoms with Crippen molar-refractivity contribution in [2.24, 2.45) is 5.92 Å². The Morgan fingerprint density at radius 1 is 1.55 bits per heavy atom. The number of nitriles is 1. The number of carbonyl (C=O) groups excluding carboxylic acids is 1. The minimum absolute atomic E-state index is 0.0957. The van der Waals surface area contributed by atoms with Crippen LogP contribution in [0.25, 0.3) is 0 Å². The molecule has 3 nitrogen and oxygen atoms in total. The van der Waals surface area contributed by atoms with Crippen LogP contribution in [0.1, 0.15) is 40.4 Å². The van der Waals surface area contributed by atoms with Gasteiger partial charge in [0.1, 0.15) is 0 Å². The summed E-state index contributed by atoms with van der Waals surface area (Å²) in [6.45, 7) is 5.45. The quantitative estimate of drug-likeness (QED) is 0.835. The van der Waals surface area contributed by atoms with Crippen LogP contribution in [0, 0.1) is 17.2 Å². The Morgan fingerprint density at radius 3 is 3.00 bits per heavy atom. The second-order valence-corrected chi connectivity index (χ2v) is 7.66. The molecule has 0 N–H and O–H groups in total. The van der Waals surface area contributed by atoms with Gasteiger partial charge in [-0.3, -0.25) is 4.79 Å². The molecule has 1 aliphatic rings. The molecule has 0 aliphatic carbocycles. The standard InChI is InChI=1S/C15H20N2OS2/c1-11(2)9-17(6-3-5-16)15(18)14-8-12-10-19-7-4-13(12)20-14/h8,11H,3-4,6-7,9-10H2,1-2H3. The Kier molecular flexibility index (Phi) is 5.50. The minimum atomic E-state index is 0.0957. The van der Waals surface area contributed by atoms with Gasteiger partial charge in [-0.2, -0.15) is 17.0 Å². The topological polar surface area (TPSA) is 44.1 Å². The van der Waals surface area contributed by atoms with Crippen LogP contribution in [0.3, 0.4) is 0 Å². The van der Waals surface area contributed by atoms with Crippen molar-refractivity contribution in [3.8, 4) is 6.07 Å². The van der Waals surface area contributed by atoms with Gasteiger partial charge in [0.05, 0.1) is 17.4 Å². The highest BCUT2D eigenvalue weighted by Crippen LogP contribution is 2.32. The summed E-state index contributed by atoms with van der Waals surface area (Å²) in [6, 6.07) is 4.20.